The van der Waals surface area contributed by atoms with Gasteiger partial charge >= 0.3 is 0 Å². The van der Waals surface area contributed by atoms with Gasteiger partial charge in [-0.2, -0.15) is 4.31 Å². The summed E-state index contributed by atoms with van der Waals surface area (Å²) >= 11 is 0. The van der Waals surface area contributed by atoms with E-state index >= 15 is 0 Å². The van der Waals surface area contributed by atoms with Crippen LogP contribution < -0.4 is 10.1 Å². The fourth-order valence-electron chi connectivity index (χ4n) is 3.82. The second-order valence-corrected chi connectivity index (χ2v) is 9.65. The average molecular weight is 417 g/mol. The Bertz CT molecular complexity index is 988. The summed E-state index contributed by atoms with van der Waals surface area (Å²) in [6.45, 7) is 2.83. The van der Waals surface area contributed by atoms with Crippen molar-refractivity contribution in [3.05, 3.63) is 59.2 Å². The molecule has 0 saturated carbocycles. The summed E-state index contributed by atoms with van der Waals surface area (Å²) in [5, 5.41) is 3.03. The van der Waals surface area contributed by atoms with E-state index in [1.54, 1.807) is 7.11 Å². The third kappa shape index (κ3) is 5.36. The molecule has 7 heteroatoms. The van der Waals surface area contributed by atoms with Crippen molar-refractivity contribution in [1.29, 1.82) is 0 Å². The molecule has 0 aliphatic carbocycles. The number of nitrogens with one attached hydrogen (secondary N) is 1. The molecule has 1 aliphatic rings. The van der Waals surface area contributed by atoms with E-state index in [0.29, 0.717) is 25.9 Å². The number of hydrogen-bond donors (Lipinski definition) is 1. The zero-order valence-electron chi connectivity index (χ0n) is 17.1. The van der Waals surface area contributed by atoms with Gasteiger partial charge in [-0.15, -0.1) is 0 Å². The molecule has 29 heavy (non-hydrogen) atoms. The number of rotatable bonds is 7. The van der Waals surface area contributed by atoms with Crippen LogP contribution in [0.3, 0.4) is 0 Å². The van der Waals surface area contributed by atoms with Crippen molar-refractivity contribution in [2.45, 2.75) is 32.7 Å². The van der Waals surface area contributed by atoms with Crippen LogP contribution in [0.4, 0.5) is 5.69 Å². The number of ether oxygens (including phenoxy) is 1. The smallest absolute Gasteiger partial charge is 0.224 e. The molecular weight excluding hydrogens is 388 g/mol. The SMILES string of the molecule is COc1ccccc1CC(C)CC(=O)Nc1cccc2c1CCN(S(C)(=O)=O)C2. The van der Waals surface area contributed by atoms with E-state index in [0.717, 1.165) is 34.5 Å². The average Bonchev–Trinajstić information content (AvgIpc) is 2.67. The molecule has 1 atom stereocenters. The Hall–Kier alpha value is -2.38. The molecule has 0 radical (unpaired) electrons. The molecule has 156 valence electrons. The molecular formula is C22H28N2O4S. The number of nitrogens with zero attached hydrogens (tertiary/aromatic N) is 1. The summed E-state index contributed by atoms with van der Waals surface area (Å²) < 4.78 is 30.5. The Morgan fingerprint density at radius 1 is 1.21 bits per heavy atom. The van der Waals surface area contributed by atoms with E-state index in [2.05, 4.69) is 12.2 Å². The highest BCUT2D eigenvalue weighted by Gasteiger charge is 2.25. The standard InChI is InChI=1S/C22H28N2O4S/c1-16(13-17-7-4-5-10-21(17)28-2)14-22(25)23-20-9-6-8-18-15-24(29(3,26)27)12-11-19(18)20/h4-10,16H,11-15H2,1-3H3,(H,23,25). The van der Waals surface area contributed by atoms with E-state index in [4.69, 9.17) is 4.74 Å². The second kappa shape index (κ2) is 8.97. The summed E-state index contributed by atoms with van der Waals surface area (Å²) in [6, 6.07) is 13.5. The van der Waals surface area contributed by atoms with Crippen LogP contribution in [0.25, 0.3) is 0 Å². The van der Waals surface area contributed by atoms with Crippen molar-refractivity contribution >= 4 is 21.6 Å². The van der Waals surface area contributed by atoms with Gasteiger partial charge in [0.2, 0.25) is 15.9 Å². The van der Waals surface area contributed by atoms with E-state index in [-0.39, 0.29) is 11.8 Å². The van der Waals surface area contributed by atoms with Gasteiger partial charge < -0.3 is 10.1 Å². The van der Waals surface area contributed by atoms with Crippen LogP contribution in [0.5, 0.6) is 5.75 Å². The van der Waals surface area contributed by atoms with Crippen molar-refractivity contribution in [3.63, 3.8) is 0 Å². The highest BCUT2D eigenvalue weighted by atomic mass is 32.2. The molecule has 0 saturated heterocycles. The maximum Gasteiger partial charge on any atom is 0.224 e. The highest BCUT2D eigenvalue weighted by molar-refractivity contribution is 7.88. The van der Waals surface area contributed by atoms with Crippen LogP contribution in [0.2, 0.25) is 0 Å². The zero-order chi connectivity index (χ0) is 21.0. The van der Waals surface area contributed by atoms with Crippen LogP contribution >= 0.6 is 0 Å². The van der Waals surface area contributed by atoms with Crippen LogP contribution in [0, 0.1) is 5.92 Å². The molecule has 1 aliphatic heterocycles. The maximum atomic E-state index is 12.6. The third-order valence-electron chi connectivity index (χ3n) is 5.27. The van der Waals surface area contributed by atoms with Gasteiger partial charge in [-0.1, -0.05) is 37.3 Å². The molecule has 2 aromatic rings. The summed E-state index contributed by atoms with van der Waals surface area (Å²) in [4.78, 5) is 12.6. The maximum absolute atomic E-state index is 12.6. The topological polar surface area (TPSA) is 75.7 Å². The first kappa shape index (κ1) is 21.3. The van der Waals surface area contributed by atoms with E-state index in [9.17, 15) is 13.2 Å². The molecule has 1 amide bonds. The Kier molecular flexibility index (Phi) is 6.59. The molecule has 3 rings (SSSR count). The fourth-order valence-corrected chi connectivity index (χ4v) is 4.62. The normalized spacial score (nSPS) is 15.4. The monoisotopic (exact) mass is 416 g/mol. The van der Waals surface area contributed by atoms with Gasteiger partial charge in [0.15, 0.2) is 0 Å². The van der Waals surface area contributed by atoms with Gasteiger partial charge in [-0.3, -0.25) is 4.79 Å². The summed E-state index contributed by atoms with van der Waals surface area (Å²) in [7, 11) is -1.57. The summed E-state index contributed by atoms with van der Waals surface area (Å²) in [5.74, 6) is 0.963. The van der Waals surface area contributed by atoms with Crippen molar-refractivity contribution in [3.8, 4) is 5.75 Å². The first-order chi connectivity index (χ1) is 13.8. The second-order valence-electron chi connectivity index (χ2n) is 7.66. The van der Waals surface area contributed by atoms with Gasteiger partial charge in [-0.05, 0) is 47.6 Å². The Balaban J connectivity index is 1.64. The minimum absolute atomic E-state index is 0.0358. The molecule has 1 unspecified atom stereocenters. The minimum atomic E-state index is -3.22. The minimum Gasteiger partial charge on any atom is -0.496 e. The first-order valence-corrected chi connectivity index (χ1v) is 11.6. The van der Waals surface area contributed by atoms with Crippen molar-refractivity contribution in [2.75, 3.05) is 25.2 Å². The van der Waals surface area contributed by atoms with Crippen LogP contribution in [0.15, 0.2) is 42.5 Å². The number of amides is 1. The predicted octanol–water partition coefficient (Wildman–Crippen LogP) is 3.22. The lowest BCUT2D eigenvalue weighted by molar-refractivity contribution is -0.117. The van der Waals surface area contributed by atoms with E-state index < -0.39 is 10.0 Å². The number of carbonyl (C=O) groups is 1. The first-order valence-electron chi connectivity index (χ1n) is 9.75. The molecule has 0 bridgehead atoms. The van der Waals surface area contributed by atoms with Crippen LogP contribution in [-0.2, 0) is 34.2 Å². The number of anilines is 1. The van der Waals surface area contributed by atoms with E-state index in [1.165, 1.54) is 10.6 Å². The molecule has 0 aromatic heterocycles. The van der Waals surface area contributed by atoms with Crippen molar-refractivity contribution < 1.29 is 17.9 Å². The lowest BCUT2D eigenvalue weighted by Crippen LogP contribution is -2.35. The quantitative estimate of drug-likeness (QED) is 0.752. The number of hydrogen-bond acceptors (Lipinski definition) is 4. The molecule has 1 heterocycles. The van der Waals surface area contributed by atoms with Crippen molar-refractivity contribution in [1.82, 2.24) is 4.31 Å². The van der Waals surface area contributed by atoms with Gasteiger partial charge in [0, 0.05) is 25.2 Å². The van der Waals surface area contributed by atoms with Crippen LogP contribution in [-0.4, -0.2) is 38.5 Å². The Morgan fingerprint density at radius 2 is 1.97 bits per heavy atom. The van der Waals surface area contributed by atoms with Gasteiger partial charge in [0.25, 0.3) is 0 Å². The highest BCUT2D eigenvalue weighted by Crippen LogP contribution is 2.28. The van der Waals surface area contributed by atoms with E-state index in [1.807, 2.05) is 42.5 Å². The number of sulfonamides is 1. The van der Waals surface area contributed by atoms with Crippen molar-refractivity contribution in [2.24, 2.45) is 5.92 Å². The Morgan fingerprint density at radius 3 is 2.69 bits per heavy atom. The number of methoxy groups -OCH3 is 1. The number of fused-ring (bicyclic) bond motifs is 1. The van der Waals surface area contributed by atoms with Crippen LogP contribution in [0.1, 0.15) is 30.0 Å². The number of para-hydroxylation sites is 1. The largest absolute Gasteiger partial charge is 0.496 e. The molecule has 1 N–H and O–H groups in total. The molecule has 2 aromatic carbocycles. The molecule has 6 nitrogen and oxygen atoms in total. The summed E-state index contributed by atoms with van der Waals surface area (Å²) in [5.41, 5.74) is 3.85. The lowest BCUT2D eigenvalue weighted by Gasteiger charge is -2.28. The lowest BCUT2D eigenvalue weighted by atomic mass is 9.96. The third-order valence-corrected chi connectivity index (χ3v) is 6.52. The molecule has 0 spiro atoms. The number of carbonyl (C=O) groups excluding carboxylic acids is 1. The zero-order valence-corrected chi connectivity index (χ0v) is 18.0. The predicted molar refractivity (Wildman–Crippen MR) is 115 cm³/mol. The van der Waals surface area contributed by atoms with Gasteiger partial charge in [-0.25, -0.2) is 8.42 Å². The van der Waals surface area contributed by atoms with Gasteiger partial charge in [0.05, 0.1) is 13.4 Å². The molecule has 0 fully saturated rings. The Labute approximate surface area is 172 Å². The van der Waals surface area contributed by atoms with Gasteiger partial charge in [0.1, 0.15) is 5.75 Å². The summed E-state index contributed by atoms with van der Waals surface area (Å²) in [6.07, 6.45) is 2.98. The fraction of sp³-hybridized carbons (Fsp3) is 0.409. The number of benzene rings is 2.